The molecule has 2 aromatic rings. The fourth-order valence-electron chi connectivity index (χ4n) is 3.90. The van der Waals surface area contributed by atoms with Crippen molar-refractivity contribution in [3.63, 3.8) is 0 Å². The Morgan fingerprint density at radius 2 is 1.79 bits per heavy atom. The van der Waals surface area contributed by atoms with Crippen molar-refractivity contribution in [2.45, 2.75) is 19.8 Å². The number of hydrogen-bond acceptors (Lipinski definition) is 3. The van der Waals surface area contributed by atoms with Gasteiger partial charge in [-0.2, -0.15) is 5.10 Å². The smallest absolute Gasteiger partial charge is 0.271 e. The first-order chi connectivity index (χ1) is 11.7. The lowest BCUT2D eigenvalue weighted by Crippen LogP contribution is -2.33. The Balaban J connectivity index is 1.47. The minimum absolute atomic E-state index is 0.0776. The predicted octanol–water partition coefficient (Wildman–Crippen LogP) is 2.46. The summed E-state index contributed by atoms with van der Waals surface area (Å²) in [7, 11) is 0. The minimum Gasteiger partial charge on any atom is -0.337 e. The normalized spacial score (nSPS) is 23.8. The van der Waals surface area contributed by atoms with Crippen LogP contribution in [-0.4, -0.2) is 47.2 Å². The highest BCUT2D eigenvalue weighted by molar-refractivity contribution is 5.93. The summed E-state index contributed by atoms with van der Waals surface area (Å²) < 4.78 is 0. The van der Waals surface area contributed by atoms with Crippen molar-refractivity contribution >= 4 is 5.91 Å². The number of carbonyl (C=O) groups excluding carboxylic acids is 1. The van der Waals surface area contributed by atoms with Crippen LogP contribution in [0.2, 0.25) is 0 Å². The number of hydrogen-bond donors (Lipinski definition) is 2. The van der Waals surface area contributed by atoms with Gasteiger partial charge in [-0.05, 0) is 50.8 Å². The van der Waals surface area contributed by atoms with Gasteiger partial charge < -0.3 is 10.2 Å². The Morgan fingerprint density at radius 1 is 1.12 bits per heavy atom. The average Bonchev–Trinajstić information content (AvgIpc) is 3.21. The van der Waals surface area contributed by atoms with Crippen LogP contribution in [-0.2, 0) is 0 Å². The van der Waals surface area contributed by atoms with Crippen molar-refractivity contribution in [2.24, 2.45) is 11.8 Å². The molecular formula is C19H24N4O. The average molecular weight is 324 g/mol. The zero-order chi connectivity index (χ0) is 16.5. The molecule has 2 atom stereocenters. The minimum atomic E-state index is 0.0776. The summed E-state index contributed by atoms with van der Waals surface area (Å²) in [6, 6.07) is 10.1. The number of fused-ring (bicyclic) bond motifs is 1. The van der Waals surface area contributed by atoms with E-state index in [0.29, 0.717) is 5.69 Å². The van der Waals surface area contributed by atoms with Crippen LogP contribution in [0, 0.1) is 18.8 Å². The molecule has 0 spiro atoms. The molecule has 2 aliphatic heterocycles. The summed E-state index contributed by atoms with van der Waals surface area (Å²) in [5.41, 5.74) is 3.67. The molecule has 0 bridgehead atoms. The molecule has 3 heterocycles. The second-order valence-corrected chi connectivity index (χ2v) is 7.08. The van der Waals surface area contributed by atoms with Crippen molar-refractivity contribution in [3.05, 3.63) is 41.6 Å². The molecule has 0 radical (unpaired) electrons. The van der Waals surface area contributed by atoms with Gasteiger partial charge in [-0.25, -0.2) is 0 Å². The van der Waals surface area contributed by atoms with Gasteiger partial charge >= 0.3 is 0 Å². The number of nitrogens with zero attached hydrogens (tertiary/aromatic N) is 2. The van der Waals surface area contributed by atoms with Crippen molar-refractivity contribution in [2.75, 3.05) is 26.2 Å². The number of carbonyl (C=O) groups is 1. The SMILES string of the molecule is Cc1ccc(-c2cc(C(=O)N3CC[C@@H]4CNC[C@@H]4CC3)[nH]n2)cc1. The first-order valence-corrected chi connectivity index (χ1v) is 8.83. The maximum absolute atomic E-state index is 12.8. The third-order valence-corrected chi connectivity index (χ3v) is 5.46. The largest absolute Gasteiger partial charge is 0.337 e. The van der Waals surface area contributed by atoms with Crippen LogP contribution < -0.4 is 5.32 Å². The van der Waals surface area contributed by atoms with Crippen molar-refractivity contribution in [3.8, 4) is 11.3 Å². The molecule has 1 aromatic heterocycles. The molecule has 0 aliphatic carbocycles. The molecule has 4 rings (SSSR count). The number of aromatic nitrogens is 2. The van der Waals surface area contributed by atoms with Gasteiger partial charge in [-0.1, -0.05) is 29.8 Å². The summed E-state index contributed by atoms with van der Waals surface area (Å²) in [6.07, 6.45) is 2.20. The van der Waals surface area contributed by atoms with Gasteiger partial charge in [-0.15, -0.1) is 0 Å². The monoisotopic (exact) mass is 324 g/mol. The quantitative estimate of drug-likeness (QED) is 0.892. The standard InChI is InChI=1S/C19H24N4O/c1-13-2-4-14(5-3-13)17-10-18(22-21-17)19(24)23-8-6-15-11-20-12-16(15)7-9-23/h2-5,10,15-16,20H,6-9,11-12H2,1H3,(H,21,22)/t15-,16+. The maximum Gasteiger partial charge on any atom is 0.271 e. The highest BCUT2D eigenvalue weighted by Crippen LogP contribution is 2.28. The van der Waals surface area contributed by atoms with Crippen molar-refractivity contribution in [1.29, 1.82) is 0 Å². The summed E-state index contributed by atoms with van der Waals surface area (Å²) in [4.78, 5) is 14.8. The van der Waals surface area contributed by atoms with Crippen LogP contribution >= 0.6 is 0 Å². The van der Waals surface area contributed by atoms with E-state index < -0.39 is 0 Å². The zero-order valence-corrected chi connectivity index (χ0v) is 14.1. The number of nitrogens with one attached hydrogen (secondary N) is 2. The number of amides is 1. The third kappa shape index (κ3) is 2.96. The van der Waals surface area contributed by atoms with E-state index >= 15 is 0 Å². The van der Waals surface area contributed by atoms with Crippen molar-refractivity contribution < 1.29 is 4.79 Å². The highest BCUT2D eigenvalue weighted by atomic mass is 16.2. The molecule has 1 amide bonds. The lowest BCUT2D eigenvalue weighted by atomic mass is 9.92. The Bertz CT molecular complexity index is 707. The van der Waals surface area contributed by atoms with Crippen LogP contribution in [0.3, 0.4) is 0 Å². The highest BCUT2D eigenvalue weighted by Gasteiger charge is 2.32. The second kappa shape index (κ2) is 6.40. The van der Waals surface area contributed by atoms with Crippen LogP contribution in [0.25, 0.3) is 11.3 Å². The Hall–Kier alpha value is -2.14. The van der Waals surface area contributed by atoms with Crippen molar-refractivity contribution in [1.82, 2.24) is 20.4 Å². The topological polar surface area (TPSA) is 61.0 Å². The van der Waals surface area contributed by atoms with Gasteiger partial charge in [0, 0.05) is 18.7 Å². The molecule has 126 valence electrons. The van der Waals surface area contributed by atoms with Gasteiger partial charge in [-0.3, -0.25) is 9.89 Å². The molecular weight excluding hydrogens is 300 g/mol. The first kappa shape index (κ1) is 15.4. The molecule has 5 nitrogen and oxygen atoms in total. The van der Waals surface area contributed by atoms with E-state index in [1.165, 1.54) is 5.56 Å². The molecule has 0 unspecified atom stereocenters. The second-order valence-electron chi connectivity index (χ2n) is 7.08. The van der Waals surface area contributed by atoms with Crippen LogP contribution in [0.5, 0.6) is 0 Å². The third-order valence-electron chi connectivity index (χ3n) is 5.46. The Labute approximate surface area is 142 Å². The van der Waals surface area contributed by atoms with Crippen LogP contribution in [0.4, 0.5) is 0 Å². The molecule has 0 saturated carbocycles. The van der Waals surface area contributed by atoms with Crippen LogP contribution in [0.15, 0.2) is 30.3 Å². The molecule has 1 aromatic carbocycles. The Kier molecular flexibility index (Phi) is 4.10. The van der Waals surface area contributed by atoms with Gasteiger partial charge in [0.25, 0.3) is 5.91 Å². The predicted molar refractivity (Wildman–Crippen MR) is 93.7 cm³/mol. The molecule has 2 fully saturated rings. The first-order valence-electron chi connectivity index (χ1n) is 8.83. The van der Waals surface area contributed by atoms with E-state index in [1.54, 1.807) is 0 Å². The lowest BCUT2D eigenvalue weighted by molar-refractivity contribution is 0.0752. The number of benzene rings is 1. The summed E-state index contributed by atoms with van der Waals surface area (Å²) in [5.74, 6) is 1.54. The van der Waals surface area contributed by atoms with Gasteiger partial charge in [0.2, 0.25) is 0 Å². The summed E-state index contributed by atoms with van der Waals surface area (Å²) in [5, 5.41) is 10.7. The lowest BCUT2D eigenvalue weighted by Gasteiger charge is -2.19. The number of likely N-dealkylation sites (tertiary alicyclic amines) is 1. The molecule has 2 aliphatic rings. The van der Waals surface area contributed by atoms with Crippen LogP contribution in [0.1, 0.15) is 28.9 Å². The van der Waals surface area contributed by atoms with Gasteiger partial charge in [0.1, 0.15) is 5.69 Å². The van der Waals surface area contributed by atoms with Gasteiger partial charge in [0.05, 0.1) is 5.69 Å². The summed E-state index contributed by atoms with van der Waals surface area (Å²) in [6.45, 7) is 5.97. The molecule has 24 heavy (non-hydrogen) atoms. The maximum atomic E-state index is 12.8. The zero-order valence-electron chi connectivity index (χ0n) is 14.1. The van der Waals surface area contributed by atoms with E-state index in [2.05, 4.69) is 34.6 Å². The molecule has 2 N–H and O–H groups in total. The van der Waals surface area contributed by atoms with E-state index in [9.17, 15) is 4.79 Å². The summed E-state index contributed by atoms with van der Waals surface area (Å²) >= 11 is 0. The molecule has 5 heteroatoms. The van der Waals surface area contributed by atoms with E-state index in [1.807, 2.05) is 23.1 Å². The van der Waals surface area contributed by atoms with E-state index in [-0.39, 0.29) is 5.91 Å². The Morgan fingerprint density at radius 3 is 2.46 bits per heavy atom. The number of H-pyrrole nitrogens is 1. The fraction of sp³-hybridized carbons (Fsp3) is 0.474. The number of aryl methyl sites for hydroxylation is 1. The van der Waals surface area contributed by atoms with E-state index in [4.69, 9.17) is 0 Å². The van der Waals surface area contributed by atoms with E-state index in [0.717, 1.165) is 62.1 Å². The number of aromatic amines is 1. The number of rotatable bonds is 2. The van der Waals surface area contributed by atoms with Gasteiger partial charge in [0.15, 0.2) is 0 Å². The molecule has 2 saturated heterocycles. The fourth-order valence-corrected chi connectivity index (χ4v) is 3.90.